The van der Waals surface area contributed by atoms with Crippen molar-refractivity contribution in [3.63, 3.8) is 0 Å². The number of allylic oxidation sites excluding steroid dienone is 2. The minimum atomic E-state index is -0.332. The van der Waals surface area contributed by atoms with Crippen LogP contribution in [0.2, 0.25) is 0 Å². The smallest absolute Gasteiger partial charge is 0.159 e. The summed E-state index contributed by atoms with van der Waals surface area (Å²) in [5.41, 5.74) is 6.48. The van der Waals surface area contributed by atoms with Crippen molar-refractivity contribution in [1.29, 1.82) is 0 Å². The van der Waals surface area contributed by atoms with Gasteiger partial charge in [-0.3, -0.25) is 15.1 Å². The Morgan fingerprint density at radius 1 is 1.05 bits per heavy atom. The third-order valence-corrected chi connectivity index (χ3v) is 6.40. The van der Waals surface area contributed by atoms with E-state index in [1.807, 2.05) is 25.1 Å². The third-order valence-electron chi connectivity index (χ3n) is 6.40. The molecule has 0 aliphatic carbocycles. The average molecular weight is 534 g/mol. The molecule has 0 atom stereocenters. The van der Waals surface area contributed by atoms with Crippen LogP contribution in [-0.4, -0.2) is 30.1 Å². The first kappa shape index (κ1) is 26.7. The van der Waals surface area contributed by atoms with Gasteiger partial charge >= 0.3 is 0 Å². The maximum atomic E-state index is 14.6. The van der Waals surface area contributed by atoms with E-state index in [1.165, 1.54) is 6.07 Å². The highest BCUT2D eigenvalue weighted by Crippen LogP contribution is 2.30. The van der Waals surface area contributed by atoms with Crippen LogP contribution in [0.3, 0.4) is 0 Å². The number of rotatable bonds is 7. The first-order valence-corrected chi connectivity index (χ1v) is 13.0. The summed E-state index contributed by atoms with van der Waals surface area (Å²) < 4.78 is 14.6. The van der Waals surface area contributed by atoms with Crippen LogP contribution in [0, 0.1) is 11.2 Å². The summed E-state index contributed by atoms with van der Waals surface area (Å²) in [6.45, 7) is 16.9. The summed E-state index contributed by atoms with van der Waals surface area (Å²) in [5.74, 6) is 0.206. The Kier molecular flexibility index (Phi) is 7.17. The van der Waals surface area contributed by atoms with Gasteiger partial charge in [0.2, 0.25) is 0 Å². The summed E-state index contributed by atoms with van der Waals surface area (Å²) in [6.07, 6.45) is 11.6. The Morgan fingerprint density at radius 3 is 2.58 bits per heavy atom. The lowest BCUT2D eigenvalue weighted by atomic mass is 9.91. The molecule has 0 saturated carbocycles. The molecule has 0 saturated heterocycles. The molecular formula is C32H32FN7. The fourth-order valence-corrected chi connectivity index (χ4v) is 4.66. The number of aromatic nitrogens is 6. The normalized spacial score (nSPS) is 12.7. The van der Waals surface area contributed by atoms with Gasteiger partial charge in [0.15, 0.2) is 5.82 Å². The van der Waals surface area contributed by atoms with Crippen LogP contribution in [0.1, 0.15) is 39.7 Å². The van der Waals surface area contributed by atoms with Gasteiger partial charge in [0.1, 0.15) is 17.0 Å². The summed E-state index contributed by atoms with van der Waals surface area (Å²) in [4.78, 5) is 16.8. The van der Waals surface area contributed by atoms with E-state index in [0.717, 1.165) is 39.5 Å². The molecule has 40 heavy (non-hydrogen) atoms. The van der Waals surface area contributed by atoms with E-state index in [0.29, 0.717) is 33.7 Å². The number of halogens is 1. The minimum absolute atomic E-state index is 0.125. The second-order valence-corrected chi connectivity index (χ2v) is 10.9. The lowest BCUT2D eigenvalue weighted by molar-refractivity contribution is 0.411. The van der Waals surface area contributed by atoms with Crippen molar-refractivity contribution in [2.45, 2.75) is 34.1 Å². The fraction of sp³-hybridized carbons (Fsp3) is 0.188. The number of imidazole rings is 1. The molecule has 0 unspecified atom stereocenters. The monoisotopic (exact) mass is 533 g/mol. The summed E-state index contributed by atoms with van der Waals surface area (Å²) in [7, 11) is 0. The highest BCUT2D eigenvalue weighted by molar-refractivity contribution is 5.93. The molecular weight excluding hydrogens is 501 g/mol. The third kappa shape index (κ3) is 5.61. The Labute approximate surface area is 232 Å². The lowest BCUT2D eigenvalue weighted by Crippen LogP contribution is -2.23. The first-order valence-electron chi connectivity index (χ1n) is 13.0. The van der Waals surface area contributed by atoms with Crippen LogP contribution in [0.15, 0.2) is 74.0 Å². The van der Waals surface area contributed by atoms with Crippen molar-refractivity contribution in [1.82, 2.24) is 30.1 Å². The molecule has 0 bridgehead atoms. The van der Waals surface area contributed by atoms with E-state index >= 15 is 0 Å². The number of aromatic amines is 2. The molecule has 0 aliphatic heterocycles. The molecule has 4 heterocycles. The van der Waals surface area contributed by atoms with Crippen LogP contribution in [0.5, 0.6) is 0 Å². The zero-order chi connectivity index (χ0) is 28.4. The maximum absolute atomic E-state index is 14.6. The molecule has 202 valence electrons. The Balaban J connectivity index is 1.53. The highest BCUT2D eigenvalue weighted by atomic mass is 19.1. The number of pyridine rings is 2. The molecule has 7 nitrogen and oxygen atoms in total. The molecule has 5 aromatic rings. The SMILES string of the molecule is C=C(CC(C)(C)C)Nc1cncc(C(=C)/C=c2/c(-c3nc4c(-c5ccccc5F)cncc4[nH]3)n[nH]/c2=C/C)c1. The van der Waals surface area contributed by atoms with E-state index in [9.17, 15) is 4.39 Å². The highest BCUT2D eigenvalue weighted by Gasteiger charge is 2.16. The van der Waals surface area contributed by atoms with Gasteiger partial charge in [0, 0.05) is 40.0 Å². The Morgan fingerprint density at radius 2 is 1.82 bits per heavy atom. The van der Waals surface area contributed by atoms with Crippen molar-refractivity contribution in [2.75, 3.05) is 5.32 Å². The van der Waals surface area contributed by atoms with Gasteiger partial charge in [-0.25, -0.2) is 9.37 Å². The van der Waals surface area contributed by atoms with E-state index < -0.39 is 0 Å². The molecule has 0 radical (unpaired) electrons. The van der Waals surface area contributed by atoms with Crippen LogP contribution in [0.4, 0.5) is 10.1 Å². The second-order valence-electron chi connectivity index (χ2n) is 10.9. The zero-order valence-electron chi connectivity index (χ0n) is 23.1. The van der Waals surface area contributed by atoms with E-state index in [-0.39, 0.29) is 11.2 Å². The summed E-state index contributed by atoms with van der Waals surface area (Å²) in [5, 5.41) is 12.7. The van der Waals surface area contributed by atoms with Gasteiger partial charge in [-0.15, -0.1) is 0 Å². The molecule has 1 aromatic carbocycles. The predicted octanol–water partition coefficient (Wildman–Crippen LogP) is 6.21. The molecule has 0 aliphatic rings. The van der Waals surface area contributed by atoms with Crippen molar-refractivity contribution >= 4 is 34.4 Å². The molecule has 0 spiro atoms. The lowest BCUT2D eigenvalue weighted by Gasteiger charge is -2.20. The predicted molar refractivity (Wildman–Crippen MR) is 161 cm³/mol. The fourth-order valence-electron chi connectivity index (χ4n) is 4.66. The van der Waals surface area contributed by atoms with Gasteiger partial charge in [-0.05, 0) is 42.5 Å². The van der Waals surface area contributed by atoms with Gasteiger partial charge in [0.25, 0.3) is 0 Å². The van der Waals surface area contributed by atoms with Crippen LogP contribution in [0.25, 0.3) is 51.4 Å². The number of nitrogens with zero attached hydrogens (tertiary/aromatic N) is 4. The maximum Gasteiger partial charge on any atom is 0.159 e. The van der Waals surface area contributed by atoms with Crippen LogP contribution in [-0.2, 0) is 0 Å². The van der Waals surface area contributed by atoms with Crippen molar-refractivity contribution in [3.05, 3.63) is 95.9 Å². The summed E-state index contributed by atoms with van der Waals surface area (Å²) in [6, 6.07) is 8.60. The van der Waals surface area contributed by atoms with E-state index in [2.05, 4.69) is 64.4 Å². The zero-order valence-corrected chi connectivity index (χ0v) is 23.1. The van der Waals surface area contributed by atoms with E-state index in [4.69, 9.17) is 4.98 Å². The first-order chi connectivity index (χ1) is 19.1. The van der Waals surface area contributed by atoms with Crippen molar-refractivity contribution in [3.8, 4) is 22.6 Å². The number of nitrogens with one attached hydrogen (secondary N) is 3. The topological polar surface area (TPSA) is 95.2 Å². The number of hydrogen-bond donors (Lipinski definition) is 3. The number of benzene rings is 1. The number of fused-ring (bicyclic) bond motifs is 1. The van der Waals surface area contributed by atoms with Crippen LogP contribution < -0.4 is 15.9 Å². The molecule has 0 amide bonds. The number of H-pyrrole nitrogens is 2. The van der Waals surface area contributed by atoms with Gasteiger partial charge in [-0.2, -0.15) is 5.10 Å². The Bertz CT molecular complexity index is 1850. The standard InChI is InChI=1S/C32H32FN7/c1-7-27-24(12-19(2)21-13-22(16-34-15-21)36-20(3)14-32(4,5)6)30(40-39-27)31-37-28-18-35-17-25(29(28)38-31)23-10-8-9-11-26(23)33/h7-13,15-18,36,39H,2-3,14H2,1,4-6H3,(H,37,38)/b24-12+,27-7+. The van der Waals surface area contributed by atoms with Crippen LogP contribution >= 0.6 is 0 Å². The molecule has 0 fully saturated rings. The van der Waals surface area contributed by atoms with Crippen molar-refractivity contribution < 1.29 is 4.39 Å². The number of hydrogen-bond acceptors (Lipinski definition) is 5. The minimum Gasteiger partial charge on any atom is -0.358 e. The molecule has 8 heteroatoms. The molecule has 5 rings (SSSR count). The van der Waals surface area contributed by atoms with E-state index in [1.54, 1.807) is 43.0 Å². The summed E-state index contributed by atoms with van der Waals surface area (Å²) >= 11 is 0. The largest absolute Gasteiger partial charge is 0.358 e. The number of anilines is 1. The second kappa shape index (κ2) is 10.7. The van der Waals surface area contributed by atoms with Gasteiger partial charge in [-0.1, -0.05) is 58.2 Å². The average Bonchev–Trinajstić information content (AvgIpc) is 3.51. The quantitative estimate of drug-likeness (QED) is 0.231. The molecule has 4 aromatic heterocycles. The molecule has 3 N–H and O–H groups in total. The van der Waals surface area contributed by atoms with Crippen molar-refractivity contribution in [2.24, 2.45) is 5.41 Å². The Hall–Kier alpha value is -4.85. The van der Waals surface area contributed by atoms with Gasteiger partial charge in [0.05, 0.1) is 28.9 Å². The van der Waals surface area contributed by atoms with Gasteiger partial charge < -0.3 is 10.3 Å².